The Kier molecular flexibility index (Phi) is 5.69. The summed E-state index contributed by atoms with van der Waals surface area (Å²) in [4.78, 5) is 4.47. The van der Waals surface area contributed by atoms with Gasteiger partial charge >= 0.3 is 6.18 Å². The van der Waals surface area contributed by atoms with E-state index in [1.807, 2.05) is 18.3 Å². The molecular weight excluding hydrogens is 393 g/mol. The Morgan fingerprint density at radius 2 is 1.90 bits per heavy atom. The van der Waals surface area contributed by atoms with E-state index >= 15 is 0 Å². The van der Waals surface area contributed by atoms with E-state index in [-0.39, 0.29) is 5.56 Å². The van der Waals surface area contributed by atoms with Gasteiger partial charge in [-0.15, -0.1) is 0 Å². The summed E-state index contributed by atoms with van der Waals surface area (Å²) in [6, 6.07) is 7.07. The molecule has 0 amide bonds. The van der Waals surface area contributed by atoms with Gasteiger partial charge in [0.2, 0.25) is 0 Å². The molecule has 0 aliphatic carbocycles. The van der Waals surface area contributed by atoms with Crippen LogP contribution >= 0.6 is 0 Å². The monoisotopic (exact) mass is 418 g/mol. The first-order valence-corrected chi connectivity index (χ1v) is 10.1. The minimum atomic E-state index is -4.50. The second-order valence-electron chi connectivity index (χ2n) is 7.82. The van der Waals surface area contributed by atoms with Gasteiger partial charge in [-0.05, 0) is 37.7 Å². The van der Waals surface area contributed by atoms with Crippen LogP contribution in [0.5, 0.6) is 0 Å². The Bertz CT molecular complexity index is 999. The normalized spacial score (nSPS) is 17.4. The molecule has 8 heteroatoms. The van der Waals surface area contributed by atoms with E-state index in [0.717, 1.165) is 44.0 Å². The van der Waals surface area contributed by atoms with Crippen LogP contribution in [0.15, 0.2) is 36.7 Å². The van der Waals surface area contributed by atoms with Gasteiger partial charge in [0.05, 0.1) is 0 Å². The van der Waals surface area contributed by atoms with Crippen molar-refractivity contribution in [1.82, 2.24) is 19.3 Å². The van der Waals surface area contributed by atoms with Crippen LogP contribution in [0.1, 0.15) is 30.7 Å². The summed E-state index contributed by atoms with van der Waals surface area (Å²) in [6.07, 6.45) is 2.51. The lowest BCUT2D eigenvalue weighted by atomic mass is 9.98. The molecule has 1 aliphatic heterocycles. The quantitative estimate of drug-likeness (QED) is 0.580. The van der Waals surface area contributed by atoms with Crippen molar-refractivity contribution in [2.24, 2.45) is 13.0 Å². The molecule has 1 aliphatic rings. The van der Waals surface area contributed by atoms with E-state index in [9.17, 15) is 13.2 Å². The Balaban J connectivity index is 1.56. The van der Waals surface area contributed by atoms with E-state index in [4.69, 9.17) is 4.74 Å². The molecule has 0 bridgehead atoms. The maximum atomic E-state index is 13.4. The summed E-state index contributed by atoms with van der Waals surface area (Å²) in [5.41, 5.74) is 1.11. The van der Waals surface area contributed by atoms with E-state index < -0.39 is 11.9 Å². The highest BCUT2D eigenvalue weighted by Crippen LogP contribution is 2.38. The molecule has 0 spiro atoms. The summed E-state index contributed by atoms with van der Waals surface area (Å²) < 4.78 is 49.2. The van der Waals surface area contributed by atoms with Gasteiger partial charge in [-0.2, -0.15) is 18.3 Å². The third kappa shape index (κ3) is 4.14. The van der Waals surface area contributed by atoms with Gasteiger partial charge in [-0.25, -0.2) is 4.98 Å². The SMILES string of the molecule is Cc1c(-c2ccc(-c3nccn3CCC3CCCOC3)cc2)c(C(F)(F)F)nn1C. The van der Waals surface area contributed by atoms with E-state index in [0.29, 0.717) is 17.2 Å². The van der Waals surface area contributed by atoms with E-state index in [1.165, 1.54) is 18.2 Å². The maximum absolute atomic E-state index is 13.4. The second kappa shape index (κ2) is 8.26. The van der Waals surface area contributed by atoms with Crippen molar-refractivity contribution in [2.75, 3.05) is 13.2 Å². The topological polar surface area (TPSA) is 44.9 Å². The van der Waals surface area contributed by atoms with Gasteiger partial charge in [-0.3, -0.25) is 4.68 Å². The number of halogens is 3. The first-order chi connectivity index (χ1) is 14.3. The highest BCUT2D eigenvalue weighted by Gasteiger charge is 2.38. The third-order valence-corrected chi connectivity index (χ3v) is 5.78. The first-order valence-electron chi connectivity index (χ1n) is 10.1. The lowest BCUT2D eigenvalue weighted by Gasteiger charge is -2.22. The number of rotatable bonds is 5. The summed E-state index contributed by atoms with van der Waals surface area (Å²) in [5, 5.41) is 3.68. The van der Waals surface area contributed by atoms with Crippen LogP contribution in [0.3, 0.4) is 0 Å². The zero-order chi connectivity index (χ0) is 21.3. The molecule has 160 valence electrons. The van der Waals surface area contributed by atoms with Gasteiger partial charge in [0.25, 0.3) is 0 Å². The minimum absolute atomic E-state index is 0.122. The zero-order valence-corrected chi connectivity index (χ0v) is 17.1. The largest absolute Gasteiger partial charge is 0.435 e. The molecule has 3 aromatic rings. The van der Waals surface area contributed by atoms with Crippen LogP contribution in [0, 0.1) is 12.8 Å². The van der Waals surface area contributed by atoms with Crippen molar-refractivity contribution in [3.05, 3.63) is 48.0 Å². The predicted molar refractivity (Wildman–Crippen MR) is 108 cm³/mol. The molecule has 2 aromatic heterocycles. The number of ether oxygens (including phenoxy) is 1. The maximum Gasteiger partial charge on any atom is 0.435 e. The van der Waals surface area contributed by atoms with Gasteiger partial charge in [-0.1, -0.05) is 24.3 Å². The molecule has 0 radical (unpaired) electrons. The van der Waals surface area contributed by atoms with Crippen LogP contribution in [-0.4, -0.2) is 32.5 Å². The fourth-order valence-electron chi connectivity index (χ4n) is 4.04. The van der Waals surface area contributed by atoms with Gasteiger partial charge < -0.3 is 9.30 Å². The number of aryl methyl sites for hydroxylation is 2. The minimum Gasteiger partial charge on any atom is -0.381 e. The van der Waals surface area contributed by atoms with Crippen molar-refractivity contribution < 1.29 is 17.9 Å². The number of benzene rings is 1. The number of aromatic nitrogens is 4. The van der Waals surface area contributed by atoms with E-state index in [1.54, 1.807) is 25.3 Å². The van der Waals surface area contributed by atoms with Gasteiger partial charge in [0, 0.05) is 56.0 Å². The Morgan fingerprint density at radius 1 is 1.17 bits per heavy atom. The van der Waals surface area contributed by atoms with Crippen LogP contribution in [0.2, 0.25) is 0 Å². The molecule has 30 heavy (non-hydrogen) atoms. The fraction of sp³-hybridized carbons (Fsp3) is 0.455. The molecule has 1 unspecified atom stereocenters. The molecule has 5 nitrogen and oxygen atoms in total. The van der Waals surface area contributed by atoms with Crippen molar-refractivity contribution in [3.8, 4) is 22.5 Å². The Morgan fingerprint density at radius 3 is 2.57 bits per heavy atom. The number of hydrogen-bond acceptors (Lipinski definition) is 3. The van der Waals surface area contributed by atoms with E-state index in [2.05, 4.69) is 14.6 Å². The highest BCUT2D eigenvalue weighted by atomic mass is 19.4. The number of nitrogens with zero attached hydrogens (tertiary/aromatic N) is 4. The summed E-state index contributed by atoms with van der Waals surface area (Å²) >= 11 is 0. The number of imidazole rings is 1. The lowest BCUT2D eigenvalue weighted by Crippen LogP contribution is -2.19. The highest BCUT2D eigenvalue weighted by molar-refractivity contribution is 5.72. The van der Waals surface area contributed by atoms with Crippen molar-refractivity contribution in [1.29, 1.82) is 0 Å². The lowest BCUT2D eigenvalue weighted by molar-refractivity contribution is -0.140. The van der Waals surface area contributed by atoms with Crippen molar-refractivity contribution in [3.63, 3.8) is 0 Å². The molecular formula is C22H25F3N4O. The number of hydrogen-bond donors (Lipinski definition) is 0. The molecule has 1 aromatic carbocycles. The molecule has 0 saturated carbocycles. The van der Waals surface area contributed by atoms with Crippen molar-refractivity contribution >= 4 is 0 Å². The van der Waals surface area contributed by atoms with Crippen LogP contribution in [0.4, 0.5) is 13.2 Å². The third-order valence-electron chi connectivity index (χ3n) is 5.78. The summed E-state index contributed by atoms with van der Waals surface area (Å²) in [7, 11) is 1.52. The fourth-order valence-corrected chi connectivity index (χ4v) is 4.04. The summed E-state index contributed by atoms with van der Waals surface area (Å²) in [6.45, 7) is 4.15. The molecule has 0 N–H and O–H groups in total. The van der Waals surface area contributed by atoms with Crippen LogP contribution < -0.4 is 0 Å². The van der Waals surface area contributed by atoms with Crippen LogP contribution in [0.25, 0.3) is 22.5 Å². The average Bonchev–Trinajstić information content (AvgIpc) is 3.32. The summed E-state index contributed by atoms with van der Waals surface area (Å²) in [5.74, 6) is 1.38. The first kappa shape index (κ1) is 20.7. The standard InChI is InChI=1S/C22H25F3N4O/c1-15-19(20(22(23,24)25)27-28(15)2)17-5-7-18(8-6-17)21-26-10-12-29(21)11-9-16-4-3-13-30-14-16/h5-8,10,12,16H,3-4,9,11,13-14H2,1-2H3. The molecule has 3 heterocycles. The molecule has 1 fully saturated rings. The van der Waals surface area contributed by atoms with Gasteiger partial charge in [0.15, 0.2) is 5.69 Å². The Hall–Kier alpha value is -2.61. The predicted octanol–water partition coefficient (Wildman–Crippen LogP) is 5.09. The smallest absolute Gasteiger partial charge is 0.381 e. The van der Waals surface area contributed by atoms with Gasteiger partial charge in [0.1, 0.15) is 5.82 Å². The molecule has 1 saturated heterocycles. The molecule has 4 rings (SSSR count). The zero-order valence-electron chi connectivity index (χ0n) is 17.1. The number of alkyl halides is 3. The molecule has 1 atom stereocenters. The Labute approximate surface area is 173 Å². The van der Waals surface area contributed by atoms with Crippen molar-refractivity contribution in [2.45, 2.75) is 38.9 Å². The second-order valence-corrected chi connectivity index (χ2v) is 7.82. The average molecular weight is 418 g/mol. The van der Waals surface area contributed by atoms with Crippen LogP contribution in [-0.2, 0) is 24.5 Å².